The predicted molar refractivity (Wildman–Crippen MR) is 77.2 cm³/mol. The van der Waals surface area contributed by atoms with Crippen molar-refractivity contribution in [3.63, 3.8) is 0 Å². The number of benzene rings is 1. The molecule has 1 heterocycles. The van der Waals surface area contributed by atoms with Crippen LogP contribution in [0.25, 0.3) is 0 Å². The smallest absolute Gasteiger partial charge is 0.261 e. The summed E-state index contributed by atoms with van der Waals surface area (Å²) in [5.74, 6) is -0.133. The van der Waals surface area contributed by atoms with Gasteiger partial charge in [-0.25, -0.2) is 0 Å². The summed E-state index contributed by atoms with van der Waals surface area (Å²) >= 11 is 3.33. The summed E-state index contributed by atoms with van der Waals surface area (Å²) in [6.45, 7) is 6.21. The molecule has 0 bridgehead atoms. The van der Waals surface area contributed by atoms with Crippen LogP contribution in [0.4, 0.5) is 0 Å². The molecule has 0 spiro atoms. The van der Waals surface area contributed by atoms with Crippen LogP contribution in [0, 0.1) is 5.92 Å². The van der Waals surface area contributed by atoms with Crippen molar-refractivity contribution in [3.05, 3.63) is 33.8 Å². The Labute approximate surface area is 121 Å². The third kappa shape index (κ3) is 2.87. The van der Waals surface area contributed by atoms with E-state index in [1.807, 2.05) is 13.8 Å². The molecule has 1 aromatic carbocycles. The Balaban J connectivity index is 2.14. The van der Waals surface area contributed by atoms with Crippen LogP contribution >= 0.6 is 15.9 Å². The van der Waals surface area contributed by atoms with Gasteiger partial charge in [-0.15, -0.1) is 0 Å². The Morgan fingerprint density at radius 2 is 1.95 bits per heavy atom. The minimum atomic E-state index is -0.190. The van der Waals surface area contributed by atoms with E-state index in [4.69, 9.17) is 0 Å². The molecule has 1 N–H and O–H groups in total. The number of hydrogen-bond acceptors (Lipinski definition) is 3. The topological polar surface area (TPSA) is 49.4 Å². The molecule has 4 nitrogen and oxygen atoms in total. The van der Waals surface area contributed by atoms with Crippen LogP contribution in [-0.2, 0) is 0 Å². The molecule has 0 saturated heterocycles. The summed E-state index contributed by atoms with van der Waals surface area (Å²) in [4.78, 5) is 25.8. The Bertz CT molecular complexity index is 516. The third-order valence-corrected chi connectivity index (χ3v) is 3.66. The molecular weight excluding hydrogens is 308 g/mol. The first kappa shape index (κ1) is 14.2. The average molecular weight is 325 g/mol. The van der Waals surface area contributed by atoms with Gasteiger partial charge < -0.3 is 5.32 Å². The van der Waals surface area contributed by atoms with Gasteiger partial charge in [0.05, 0.1) is 11.1 Å². The molecule has 1 aliphatic heterocycles. The second-order valence-electron chi connectivity index (χ2n) is 4.82. The molecule has 0 radical (unpaired) electrons. The van der Waals surface area contributed by atoms with Crippen molar-refractivity contribution >= 4 is 27.7 Å². The zero-order valence-electron chi connectivity index (χ0n) is 11.1. The largest absolute Gasteiger partial charge is 0.317 e. The Hall–Kier alpha value is -1.20. The van der Waals surface area contributed by atoms with Crippen LogP contribution in [-0.4, -0.2) is 36.3 Å². The van der Waals surface area contributed by atoms with Crippen LogP contribution in [0.5, 0.6) is 0 Å². The number of carbonyl (C=O) groups excluding carboxylic acids is 2. The molecule has 0 aliphatic carbocycles. The van der Waals surface area contributed by atoms with Crippen LogP contribution in [0.2, 0.25) is 0 Å². The maximum atomic E-state index is 12.2. The first-order chi connectivity index (χ1) is 9.04. The highest BCUT2D eigenvalue weighted by Crippen LogP contribution is 2.26. The monoisotopic (exact) mass is 324 g/mol. The van der Waals surface area contributed by atoms with E-state index in [1.165, 1.54) is 4.90 Å². The van der Waals surface area contributed by atoms with E-state index in [2.05, 4.69) is 21.2 Å². The number of nitrogens with zero attached hydrogens (tertiary/aromatic N) is 1. The molecule has 1 aromatic rings. The first-order valence-electron chi connectivity index (χ1n) is 6.41. The van der Waals surface area contributed by atoms with Gasteiger partial charge in [-0.2, -0.15) is 0 Å². The Kier molecular flexibility index (Phi) is 4.37. The molecule has 5 heteroatoms. The number of hydrogen-bond donors (Lipinski definition) is 1. The van der Waals surface area contributed by atoms with Crippen molar-refractivity contribution in [2.24, 2.45) is 5.92 Å². The molecule has 102 valence electrons. The van der Waals surface area contributed by atoms with E-state index in [0.29, 0.717) is 17.7 Å². The van der Waals surface area contributed by atoms with Gasteiger partial charge in [0.2, 0.25) is 0 Å². The SMILES string of the molecule is CCNCC(C)CN1C(=O)c2ccc(Br)cc2C1=O. The molecule has 2 rings (SSSR count). The normalized spacial score (nSPS) is 15.8. The number of rotatable bonds is 5. The van der Waals surface area contributed by atoms with Crippen molar-refractivity contribution in [3.8, 4) is 0 Å². The zero-order chi connectivity index (χ0) is 14.0. The fourth-order valence-electron chi connectivity index (χ4n) is 2.20. The molecule has 2 amide bonds. The quantitative estimate of drug-likeness (QED) is 0.845. The molecule has 1 atom stereocenters. The van der Waals surface area contributed by atoms with Gasteiger partial charge in [0.15, 0.2) is 0 Å². The number of imide groups is 1. The maximum Gasteiger partial charge on any atom is 0.261 e. The zero-order valence-corrected chi connectivity index (χ0v) is 12.7. The van der Waals surface area contributed by atoms with E-state index in [-0.39, 0.29) is 17.7 Å². The summed E-state index contributed by atoms with van der Waals surface area (Å²) in [6, 6.07) is 5.20. The van der Waals surface area contributed by atoms with Crippen LogP contribution in [0.15, 0.2) is 22.7 Å². The molecule has 1 unspecified atom stereocenters. The van der Waals surface area contributed by atoms with Crippen molar-refractivity contribution in [2.75, 3.05) is 19.6 Å². The van der Waals surface area contributed by atoms with Crippen LogP contribution in [0.1, 0.15) is 34.6 Å². The fraction of sp³-hybridized carbons (Fsp3) is 0.429. The number of amides is 2. The third-order valence-electron chi connectivity index (χ3n) is 3.17. The summed E-state index contributed by atoms with van der Waals surface area (Å²) in [5, 5.41) is 3.23. The predicted octanol–water partition coefficient (Wildman–Crippen LogP) is 2.29. The van der Waals surface area contributed by atoms with E-state index < -0.39 is 0 Å². The van der Waals surface area contributed by atoms with Gasteiger partial charge in [-0.05, 0) is 37.2 Å². The lowest BCUT2D eigenvalue weighted by molar-refractivity contribution is 0.0632. The van der Waals surface area contributed by atoms with Crippen molar-refractivity contribution in [1.82, 2.24) is 10.2 Å². The van der Waals surface area contributed by atoms with Gasteiger partial charge >= 0.3 is 0 Å². The lowest BCUT2D eigenvalue weighted by atomic mass is 10.1. The number of halogens is 1. The van der Waals surface area contributed by atoms with Gasteiger partial charge in [-0.3, -0.25) is 14.5 Å². The van der Waals surface area contributed by atoms with Crippen LogP contribution < -0.4 is 5.32 Å². The fourth-order valence-corrected chi connectivity index (χ4v) is 2.56. The molecule has 0 fully saturated rings. The molecule has 1 aliphatic rings. The van der Waals surface area contributed by atoms with Crippen molar-refractivity contribution in [2.45, 2.75) is 13.8 Å². The minimum absolute atomic E-state index is 0.184. The summed E-state index contributed by atoms with van der Waals surface area (Å²) < 4.78 is 0.815. The second-order valence-corrected chi connectivity index (χ2v) is 5.74. The summed E-state index contributed by atoms with van der Waals surface area (Å²) in [7, 11) is 0. The van der Waals surface area contributed by atoms with Gasteiger partial charge in [-0.1, -0.05) is 29.8 Å². The number of nitrogens with one attached hydrogen (secondary N) is 1. The molecular formula is C14H17BrN2O2. The van der Waals surface area contributed by atoms with Crippen LogP contribution in [0.3, 0.4) is 0 Å². The molecule has 19 heavy (non-hydrogen) atoms. The van der Waals surface area contributed by atoms with Gasteiger partial charge in [0, 0.05) is 11.0 Å². The summed E-state index contributed by atoms with van der Waals surface area (Å²) in [6.07, 6.45) is 0. The highest BCUT2D eigenvalue weighted by molar-refractivity contribution is 9.10. The molecule has 0 aromatic heterocycles. The van der Waals surface area contributed by atoms with Crippen molar-refractivity contribution in [1.29, 1.82) is 0 Å². The van der Waals surface area contributed by atoms with E-state index in [0.717, 1.165) is 17.6 Å². The van der Waals surface area contributed by atoms with E-state index in [1.54, 1.807) is 18.2 Å². The highest BCUT2D eigenvalue weighted by Gasteiger charge is 2.35. The standard InChI is InChI=1S/C14H17BrN2O2/c1-3-16-7-9(2)8-17-13(18)11-5-4-10(15)6-12(11)14(17)19/h4-6,9,16H,3,7-8H2,1-2H3. The lowest BCUT2D eigenvalue weighted by Crippen LogP contribution is -2.37. The van der Waals surface area contributed by atoms with Crippen molar-refractivity contribution < 1.29 is 9.59 Å². The Morgan fingerprint density at radius 3 is 2.63 bits per heavy atom. The number of fused-ring (bicyclic) bond motifs is 1. The second kappa shape index (κ2) is 5.84. The highest BCUT2D eigenvalue weighted by atomic mass is 79.9. The van der Waals surface area contributed by atoms with E-state index >= 15 is 0 Å². The first-order valence-corrected chi connectivity index (χ1v) is 7.20. The lowest BCUT2D eigenvalue weighted by Gasteiger charge is -2.19. The van der Waals surface area contributed by atoms with E-state index in [9.17, 15) is 9.59 Å². The Morgan fingerprint density at radius 1 is 1.26 bits per heavy atom. The number of carbonyl (C=O) groups is 2. The maximum absolute atomic E-state index is 12.2. The average Bonchev–Trinajstić information content (AvgIpc) is 2.61. The van der Waals surface area contributed by atoms with Gasteiger partial charge in [0.25, 0.3) is 11.8 Å². The minimum Gasteiger partial charge on any atom is -0.317 e. The van der Waals surface area contributed by atoms with Gasteiger partial charge in [0.1, 0.15) is 0 Å². The summed E-state index contributed by atoms with van der Waals surface area (Å²) in [5.41, 5.74) is 0.999. The molecule has 0 saturated carbocycles.